The van der Waals surface area contributed by atoms with E-state index >= 15 is 0 Å². The van der Waals surface area contributed by atoms with Crippen LogP contribution in [-0.2, 0) is 4.79 Å². The SMILES string of the molecule is CCCCN(C)C(=O)C(C#N)(CCC)CCC. The van der Waals surface area contributed by atoms with Crippen LogP contribution in [0.1, 0.15) is 59.3 Å². The minimum atomic E-state index is -0.786. The van der Waals surface area contributed by atoms with E-state index in [1.165, 1.54) is 0 Å². The van der Waals surface area contributed by atoms with Gasteiger partial charge in [-0.1, -0.05) is 40.0 Å². The van der Waals surface area contributed by atoms with Gasteiger partial charge in [-0.25, -0.2) is 0 Å². The van der Waals surface area contributed by atoms with E-state index in [9.17, 15) is 10.1 Å². The Morgan fingerprint density at radius 2 is 1.71 bits per heavy atom. The van der Waals surface area contributed by atoms with E-state index < -0.39 is 5.41 Å². The van der Waals surface area contributed by atoms with Crippen molar-refractivity contribution >= 4 is 5.91 Å². The summed E-state index contributed by atoms with van der Waals surface area (Å²) in [4.78, 5) is 14.1. The average molecular weight is 238 g/mol. The highest BCUT2D eigenvalue weighted by Crippen LogP contribution is 2.31. The van der Waals surface area contributed by atoms with Crippen molar-refractivity contribution < 1.29 is 4.79 Å². The number of nitrogens with zero attached hydrogens (tertiary/aromatic N) is 2. The van der Waals surface area contributed by atoms with Gasteiger partial charge in [-0.2, -0.15) is 5.26 Å². The van der Waals surface area contributed by atoms with Crippen LogP contribution in [-0.4, -0.2) is 24.4 Å². The van der Waals surface area contributed by atoms with Crippen molar-refractivity contribution in [2.24, 2.45) is 5.41 Å². The van der Waals surface area contributed by atoms with Crippen LogP contribution in [0.3, 0.4) is 0 Å². The van der Waals surface area contributed by atoms with E-state index in [-0.39, 0.29) is 5.91 Å². The first-order valence-electron chi connectivity index (χ1n) is 6.74. The van der Waals surface area contributed by atoms with Gasteiger partial charge in [0.15, 0.2) is 0 Å². The molecule has 0 atom stereocenters. The molecule has 0 heterocycles. The van der Waals surface area contributed by atoms with E-state index in [0.717, 1.165) is 32.2 Å². The maximum Gasteiger partial charge on any atom is 0.242 e. The highest BCUT2D eigenvalue weighted by atomic mass is 16.2. The molecule has 98 valence electrons. The minimum absolute atomic E-state index is 0.0113. The molecule has 0 aromatic rings. The van der Waals surface area contributed by atoms with Crippen molar-refractivity contribution in [3.8, 4) is 6.07 Å². The number of amides is 1. The number of carbonyl (C=O) groups excluding carboxylic acids is 1. The van der Waals surface area contributed by atoms with Gasteiger partial charge in [0.05, 0.1) is 6.07 Å². The smallest absolute Gasteiger partial charge is 0.242 e. The molecule has 0 spiro atoms. The van der Waals surface area contributed by atoms with Gasteiger partial charge in [-0.05, 0) is 19.3 Å². The number of hydrogen-bond acceptors (Lipinski definition) is 2. The summed E-state index contributed by atoms with van der Waals surface area (Å²) >= 11 is 0. The number of hydrogen-bond donors (Lipinski definition) is 0. The summed E-state index contributed by atoms with van der Waals surface area (Å²) in [5.41, 5.74) is -0.786. The molecule has 0 saturated carbocycles. The molecule has 0 N–H and O–H groups in total. The molecule has 0 bridgehead atoms. The van der Waals surface area contributed by atoms with Crippen LogP contribution >= 0.6 is 0 Å². The summed E-state index contributed by atoms with van der Waals surface area (Å²) in [5, 5.41) is 9.39. The number of carbonyl (C=O) groups is 1. The summed E-state index contributed by atoms with van der Waals surface area (Å²) in [6.07, 6.45) is 5.17. The highest BCUT2D eigenvalue weighted by Gasteiger charge is 2.38. The number of unbranched alkanes of at least 4 members (excludes halogenated alkanes) is 1. The molecule has 3 nitrogen and oxygen atoms in total. The second kappa shape index (κ2) is 8.11. The molecule has 0 aliphatic heterocycles. The lowest BCUT2D eigenvalue weighted by atomic mass is 9.79. The van der Waals surface area contributed by atoms with Crippen LogP contribution in [0, 0.1) is 16.7 Å². The number of rotatable bonds is 8. The monoisotopic (exact) mass is 238 g/mol. The van der Waals surface area contributed by atoms with Crippen molar-refractivity contribution in [3.05, 3.63) is 0 Å². The molecule has 0 aromatic heterocycles. The van der Waals surface area contributed by atoms with Crippen LogP contribution < -0.4 is 0 Å². The Morgan fingerprint density at radius 3 is 2.06 bits per heavy atom. The predicted molar refractivity (Wildman–Crippen MR) is 70.4 cm³/mol. The van der Waals surface area contributed by atoms with E-state index in [4.69, 9.17) is 0 Å². The van der Waals surface area contributed by atoms with Gasteiger partial charge in [0, 0.05) is 13.6 Å². The summed E-state index contributed by atoms with van der Waals surface area (Å²) in [6.45, 7) is 6.92. The zero-order chi connectivity index (χ0) is 13.3. The Morgan fingerprint density at radius 1 is 1.18 bits per heavy atom. The highest BCUT2D eigenvalue weighted by molar-refractivity contribution is 5.85. The molecular weight excluding hydrogens is 212 g/mol. The van der Waals surface area contributed by atoms with E-state index in [0.29, 0.717) is 12.8 Å². The largest absolute Gasteiger partial charge is 0.344 e. The second-order valence-electron chi connectivity index (χ2n) is 4.77. The van der Waals surface area contributed by atoms with Gasteiger partial charge >= 0.3 is 0 Å². The Kier molecular flexibility index (Phi) is 7.61. The molecule has 0 fully saturated rings. The zero-order valence-corrected chi connectivity index (χ0v) is 11.8. The molecule has 17 heavy (non-hydrogen) atoms. The first kappa shape index (κ1) is 16.0. The van der Waals surface area contributed by atoms with E-state index in [1.54, 1.807) is 4.90 Å². The van der Waals surface area contributed by atoms with Crippen molar-refractivity contribution in [1.29, 1.82) is 5.26 Å². The Bertz CT molecular complexity index is 262. The topological polar surface area (TPSA) is 44.1 Å². The predicted octanol–water partition coefficient (Wildman–Crippen LogP) is 3.36. The quantitative estimate of drug-likeness (QED) is 0.651. The summed E-state index contributed by atoms with van der Waals surface area (Å²) in [7, 11) is 1.81. The lowest BCUT2D eigenvalue weighted by Crippen LogP contribution is -2.41. The van der Waals surface area contributed by atoms with Gasteiger partial charge in [0.2, 0.25) is 5.91 Å². The lowest BCUT2D eigenvalue weighted by Gasteiger charge is -2.30. The Hall–Kier alpha value is -1.04. The fraction of sp³-hybridized carbons (Fsp3) is 0.857. The van der Waals surface area contributed by atoms with Gasteiger partial charge in [0.1, 0.15) is 5.41 Å². The fourth-order valence-electron chi connectivity index (χ4n) is 2.21. The van der Waals surface area contributed by atoms with Crippen molar-refractivity contribution in [2.75, 3.05) is 13.6 Å². The van der Waals surface area contributed by atoms with Gasteiger partial charge in [0.25, 0.3) is 0 Å². The molecule has 0 unspecified atom stereocenters. The maximum absolute atomic E-state index is 12.4. The first-order chi connectivity index (χ1) is 8.07. The minimum Gasteiger partial charge on any atom is -0.344 e. The zero-order valence-electron chi connectivity index (χ0n) is 11.8. The molecule has 3 heteroatoms. The fourth-order valence-corrected chi connectivity index (χ4v) is 2.21. The van der Waals surface area contributed by atoms with Crippen LogP contribution in [0.15, 0.2) is 0 Å². The Balaban J connectivity index is 4.79. The Labute approximate surface area is 106 Å². The summed E-state index contributed by atoms with van der Waals surface area (Å²) in [6, 6.07) is 2.28. The molecule has 0 aromatic carbocycles. The van der Waals surface area contributed by atoms with Crippen molar-refractivity contribution in [3.63, 3.8) is 0 Å². The molecule has 0 radical (unpaired) electrons. The number of nitriles is 1. The summed E-state index contributed by atoms with van der Waals surface area (Å²) < 4.78 is 0. The van der Waals surface area contributed by atoms with Crippen LogP contribution in [0.25, 0.3) is 0 Å². The third-order valence-electron chi connectivity index (χ3n) is 3.17. The molecule has 1 amide bonds. The molecule has 0 rings (SSSR count). The van der Waals surface area contributed by atoms with E-state index in [1.807, 2.05) is 20.9 Å². The molecule has 0 aliphatic carbocycles. The first-order valence-corrected chi connectivity index (χ1v) is 6.74. The van der Waals surface area contributed by atoms with E-state index in [2.05, 4.69) is 13.0 Å². The van der Waals surface area contributed by atoms with Crippen molar-refractivity contribution in [2.45, 2.75) is 59.3 Å². The summed E-state index contributed by atoms with van der Waals surface area (Å²) in [5.74, 6) is 0.0113. The standard InChI is InChI=1S/C14H26N2O/c1-5-8-11-16(4)13(17)14(12-15,9-6-2)10-7-3/h5-11H2,1-4H3. The molecule has 0 aliphatic rings. The van der Waals surface area contributed by atoms with Gasteiger partial charge in [-0.3, -0.25) is 4.79 Å². The third-order valence-corrected chi connectivity index (χ3v) is 3.17. The van der Waals surface area contributed by atoms with Gasteiger partial charge in [-0.15, -0.1) is 0 Å². The van der Waals surface area contributed by atoms with Crippen LogP contribution in [0.5, 0.6) is 0 Å². The molecule has 0 saturated heterocycles. The van der Waals surface area contributed by atoms with Crippen molar-refractivity contribution in [1.82, 2.24) is 4.90 Å². The average Bonchev–Trinajstić information content (AvgIpc) is 2.34. The maximum atomic E-state index is 12.4. The molecular formula is C14H26N2O. The normalized spacial score (nSPS) is 11.0. The van der Waals surface area contributed by atoms with Crippen LogP contribution in [0.2, 0.25) is 0 Å². The van der Waals surface area contributed by atoms with Gasteiger partial charge < -0.3 is 4.90 Å². The second-order valence-corrected chi connectivity index (χ2v) is 4.77. The third kappa shape index (κ3) is 4.38. The lowest BCUT2D eigenvalue weighted by molar-refractivity contribution is -0.138. The van der Waals surface area contributed by atoms with Crippen LogP contribution in [0.4, 0.5) is 0 Å².